The predicted molar refractivity (Wildman–Crippen MR) is 193 cm³/mol. The molecule has 0 amide bonds. The van der Waals surface area contributed by atoms with Crippen LogP contribution in [0, 0.1) is 0 Å². The average molecular weight is 705 g/mol. The summed E-state index contributed by atoms with van der Waals surface area (Å²) >= 11 is 0. The molecule has 2 aromatic heterocycles. The van der Waals surface area contributed by atoms with Gasteiger partial charge in [0.15, 0.2) is 34.6 Å². The zero-order valence-corrected chi connectivity index (χ0v) is 29.2. The van der Waals surface area contributed by atoms with Crippen molar-refractivity contribution in [2.24, 2.45) is 0 Å². The Hall–Kier alpha value is -6.56. The van der Waals surface area contributed by atoms with Gasteiger partial charge >= 0.3 is 0 Å². The van der Waals surface area contributed by atoms with E-state index in [2.05, 4.69) is 9.97 Å². The van der Waals surface area contributed by atoms with Gasteiger partial charge in [0.05, 0.1) is 57.2 Å². The van der Waals surface area contributed by atoms with Gasteiger partial charge in [0.25, 0.3) is 0 Å². The number of Topliss-reactive ketones (excluding diaryl/α,β-unsaturated/α-hetero) is 2. The number of ether oxygens (including phenoxy) is 7. The molecule has 0 fully saturated rings. The molecule has 0 aliphatic heterocycles. The molecule has 1 N–H and O–H groups in total. The molecule has 0 aliphatic rings. The van der Waals surface area contributed by atoms with E-state index in [0.717, 1.165) is 0 Å². The van der Waals surface area contributed by atoms with E-state index in [1.807, 2.05) is 6.92 Å². The zero-order chi connectivity index (χ0) is 36.8. The maximum Gasteiger partial charge on any atom is 0.167 e. The van der Waals surface area contributed by atoms with Crippen LogP contribution in [0.1, 0.15) is 40.5 Å². The second kappa shape index (κ2) is 15.5. The smallest absolute Gasteiger partial charge is 0.167 e. The molecule has 0 bridgehead atoms. The van der Waals surface area contributed by atoms with Crippen LogP contribution < -0.4 is 33.2 Å². The van der Waals surface area contributed by atoms with Gasteiger partial charge in [0.2, 0.25) is 0 Å². The Bertz CT molecular complexity index is 2290. The van der Waals surface area contributed by atoms with Gasteiger partial charge in [-0.3, -0.25) is 19.6 Å². The van der Waals surface area contributed by atoms with Crippen molar-refractivity contribution in [2.75, 3.05) is 35.0 Å². The number of phenolic OH excluding ortho intramolecular Hbond substituents is 1. The molecule has 0 saturated carbocycles. The van der Waals surface area contributed by atoms with E-state index >= 15 is 0 Å². The molecule has 4 aromatic carbocycles. The van der Waals surface area contributed by atoms with E-state index in [4.69, 9.17) is 33.2 Å². The molecular formula is C40H36N2O10. The lowest BCUT2D eigenvalue weighted by Crippen LogP contribution is -2.08. The number of pyridine rings is 2. The summed E-state index contributed by atoms with van der Waals surface area (Å²) in [7, 11) is 6.13. The van der Waals surface area contributed by atoms with Crippen molar-refractivity contribution in [3.8, 4) is 57.5 Å². The molecule has 0 saturated heterocycles. The quantitative estimate of drug-likeness (QED) is 0.103. The van der Waals surface area contributed by atoms with Gasteiger partial charge in [0, 0.05) is 48.1 Å². The summed E-state index contributed by atoms with van der Waals surface area (Å²) in [6.45, 7) is 2.22. The van der Waals surface area contributed by atoms with Crippen LogP contribution in [-0.4, -0.2) is 61.7 Å². The van der Waals surface area contributed by atoms with Gasteiger partial charge in [0.1, 0.15) is 34.5 Å². The van der Waals surface area contributed by atoms with Crippen LogP contribution in [0.4, 0.5) is 0 Å². The first-order valence-corrected chi connectivity index (χ1v) is 16.3. The highest BCUT2D eigenvalue weighted by atomic mass is 16.5. The Morgan fingerprint density at radius 3 is 1.50 bits per heavy atom. The van der Waals surface area contributed by atoms with Crippen LogP contribution in [0.5, 0.6) is 57.5 Å². The third kappa shape index (κ3) is 7.31. The first-order chi connectivity index (χ1) is 25.3. The molecule has 52 heavy (non-hydrogen) atoms. The summed E-state index contributed by atoms with van der Waals surface area (Å²) in [5.41, 5.74) is 1.51. The Morgan fingerprint density at radius 2 is 1.02 bits per heavy atom. The second-order valence-corrected chi connectivity index (χ2v) is 11.4. The standard InChI is InChI=1S/C40H36N2O10/c1-6-50-24-8-12-34(52-36-14-16-42-30-22-40(49-5)38(47-3)20-26(30)36)28(18-24)32(45)10-9-31(44)27-17-23(43)7-11-33(27)51-35-13-15-41-29-21-39(48-4)37(46-2)19-25(29)35/h7-8,11-22,43H,6,9-10H2,1-5H3. The molecular weight excluding hydrogens is 668 g/mol. The number of benzene rings is 4. The average Bonchev–Trinajstić information content (AvgIpc) is 3.17. The lowest BCUT2D eigenvalue weighted by atomic mass is 10.00. The molecule has 0 spiro atoms. The number of hydrogen-bond donors (Lipinski definition) is 1. The van der Waals surface area contributed by atoms with Gasteiger partial charge in [-0.2, -0.15) is 0 Å². The lowest BCUT2D eigenvalue weighted by molar-refractivity contribution is 0.0914. The molecule has 12 heteroatoms. The number of fused-ring (bicyclic) bond motifs is 2. The minimum Gasteiger partial charge on any atom is -0.508 e. The van der Waals surface area contributed by atoms with E-state index in [9.17, 15) is 14.7 Å². The lowest BCUT2D eigenvalue weighted by Gasteiger charge is -2.16. The number of aromatic nitrogens is 2. The molecule has 12 nitrogen and oxygen atoms in total. The zero-order valence-electron chi connectivity index (χ0n) is 29.2. The highest BCUT2D eigenvalue weighted by Gasteiger charge is 2.22. The monoisotopic (exact) mass is 704 g/mol. The summed E-state index contributed by atoms with van der Waals surface area (Å²) in [6, 6.07) is 19.5. The largest absolute Gasteiger partial charge is 0.508 e. The van der Waals surface area contributed by atoms with Crippen molar-refractivity contribution in [3.05, 3.63) is 96.3 Å². The molecule has 0 aliphatic carbocycles. The third-order valence-electron chi connectivity index (χ3n) is 8.26. The fraction of sp³-hybridized carbons (Fsp3) is 0.200. The van der Waals surface area contributed by atoms with Crippen LogP contribution in [0.2, 0.25) is 0 Å². The first kappa shape index (κ1) is 35.3. The van der Waals surface area contributed by atoms with E-state index in [1.54, 1.807) is 74.1 Å². The number of ketones is 2. The van der Waals surface area contributed by atoms with Crippen LogP contribution in [0.25, 0.3) is 21.8 Å². The molecule has 0 atom stereocenters. The summed E-state index contributed by atoms with van der Waals surface area (Å²) in [5.74, 6) is 2.83. The number of carbonyl (C=O) groups is 2. The van der Waals surface area contributed by atoms with Gasteiger partial charge in [-0.1, -0.05) is 0 Å². The first-order valence-electron chi connectivity index (χ1n) is 16.3. The maximum absolute atomic E-state index is 13.9. The second-order valence-electron chi connectivity index (χ2n) is 11.4. The number of methoxy groups -OCH3 is 4. The van der Waals surface area contributed by atoms with E-state index in [1.165, 1.54) is 39.5 Å². The van der Waals surface area contributed by atoms with Crippen LogP contribution >= 0.6 is 0 Å². The van der Waals surface area contributed by atoms with Crippen LogP contribution in [0.15, 0.2) is 85.2 Å². The number of nitrogens with zero attached hydrogens (tertiary/aromatic N) is 2. The Morgan fingerprint density at radius 1 is 0.558 bits per heavy atom. The summed E-state index contributed by atoms with van der Waals surface area (Å²) < 4.78 is 40.0. The van der Waals surface area contributed by atoms with Crippen molar-refractivity contribution in [1.29, 1.82) is 0 Å². The van der Waals surface area contributed by atoms with Gasteiger partial charge < -0.3 is 38.3 Å². The molecule has 266 valence electrons. The molecule has 6 aromatic rings. The minimum atomic E-state index is -0.415. The Kier molecular flexibility index (Phi) is 10.5. The fourth-order valence-corrected chi connectivity index (χ4v) is 5.70. The number of aromatic hydroxyl groups is 1. The van der Waals surface area contributed by atoms with Gasteiger partial charge in [-0.15, -0.1) is 0 Å². The normalized spacial score (nSPS) is 10.9. The van der Waals surface area contributed by atoms with Gasteiger partial charge in [-0.25, -0.2) is 0 Å². The highest BCUT2D eigenvalue weighted by molar-refractivity contribution is 6.05. The molecule has 0 radical (unpaired) electrons. The van der Waals surface area contributed by atoms with Crippen molar-refractivity contribution in [2.45, 2.75) is 19.8 Å². The Balaban J connectivity index is 1.27. The summed E-state index contributed by atoms with van der Waals surface area (Å²) in [4.78, 5) is 36.4. The molecule has 0 unspecified atom stereocenters. The Labute approximate surface area is 299 Å². The minimum absolute atomic E-state index is 0.102. The number of carbonyl (C=O) groups excluding carboxylic acids is 2. The molecule has 2 heterocycles. The third-order valence-corrected chi connectivity index (χ3v) is 8.26. The van der Waals surface area contributed by atoms with E-state index in [-0.39, 0.29) is 47.0 Å². The van der Waals surface area contributed by atoms with Crippen LogP contribution in [-0.2, 0) is 0 Å². The van der Waals surface area contributed by atoms with Crippen molar-refractivity contribution in [3.63, 3.8) is 0 Å². The summed E-state index contributed by atoms with van der Waals surface area (Å²) in [5, 5.41) is 11.6. The topological polar surface area (TPSA) is 145 Å². The van der Waals surface area contributed by atoms with Gasteiger partial charge in [-0.05, 0) is 67.6 Å². The highest BCUT2D eigenvalue weighted by Crippen LogP contribution is 2.40. The fourth-order valence-electron chi connectivity index (χ4n) is 5.70. The SMILES string of the molecule is CCOc1ccc(Oc2ccnc3cc(OC)c(OC)cc23)c(C(=O)CCC(=O)c2cc(O)ccc2Oc2ccnc3cc(OC)c(OC)cc23)c1. The summed E-state index contributed by atoms with van der Waals surface area (Å²) in [6.07, 6.45) is 2.81. The van der Waals surface area contributed by atoms with Crippen molar-refractivity contribution >= 4 is 33.4 Å². The van der Waals surface area contributed by atoms with E-state index < -0.39 is 5.78 Å². The maximum atomic E-state index is 13.9. The molecule has 6 rings (SSSR count). The number of rotatable bonds is 15. The van der Waals surface area contributed by atoms with Crippen molar-refractivity contribution < 1.29 is 47.9 Å². The van der Waals surface area contributed by atoms with Crippen LogP contribution in [0.3, 0.4) is 0 Å². The number of hydrogen-bond acceptors (Lipinski definition) is 12. The number of phenols is 1. The van der Waals surface area contributed by atoms with E-state index in [0.29, 0.717) is 68.7 Å². The predicted octanol–water partition coefficient (Wildman–Crippen LogP) is 8.35. The van der Waals surface area contributed by atoms with Crippen molar-refractivity contribution in [1.82, 2.24) is 9.97 Å².